The molecular weight excluding hydrogens is 165 g/mol. The van der Waals surface area contributed by atoms with Crippen molar-refractivity contribution in [3.8, 4) is 6.07 Å². The molecule has 0 spiro atoms. The van der Waals surface area contributed by atoms with Crippen LogP contribution in [-0.2, 0) is 0 Å². The molecule has 0 radical (unpaired) electrons. The summed E-state index contributed by atoms with van der Waals surface area (Å²) in [5, 5.41) is 8.75. The van der Waals surface area contributed by atoms with Crippen LogP contribution in [-0.4, -0.2) is 0 Å². The minimum absolute atomic E-state index is 0.254. The van der Waals surface area contributed by atoms with Crippen molar-refractivity contribution >= 4 is 11.6 Å². The quantitative estimate of drug-likeness (QED) is 0.586. The van der Waals surface area contributed by atoms with Crippen LogP contribution in [0.15, 0.2) is 12.1 Å². The second-order valence-electron chi connectivity index (χ2n) is 2.17. The van der Waals surface area contributed by atoms with E-state index >= 15 is 0 Å². The Kier molecular flexibility index (Phi) is 2.11. The Bertz CT molecular complexity index is 328. The van der Waals surface area contributed by atoms with Gasteiger partial charge in [-0.2, -0.15) is 5.26 Å². The number of benzene rings is 1. The Morgan fingerprint density at radius 1 is 1.55 bits per heavy atom. The van der Waals surface area contributed by atoms with E-state index in [0.717, 1.165) is 0 Å². The van der Waals surface area contributed by atoms with Crippen molar-refractivity contribution in [1.82, 2.24) is 0 Å². The lowest BCUT2D eigenvalue weighted by Crippen LogP contribution is -1.87. The summed E-state index contributed by atoms with van der Waals surface area (Å²) in [6.07, 6.45) is 0. The SMILES string of the molecule is Cc1c(F)cc(Cl)cc1C#N. The Labute approximate surface area is 69.0 Å². The lowest BCUT2D eigenvalue weighted by molar-refractivity contribution is 0.618. The first-order valence-electron chi connectivity index (χ1n) is 3.01. The molecule has 0 aliphatic carbocycles. The fourth-order valence-corrected chi connectivity index (χ4v) is 0.967. The molecule has 0 amide bonds. The van der Waals surface area contributed by atoms with Gasteiger partial charge in [0.15, 0.2) is 0 Å². The molecule has 0 heterocycles. The maximum Gasteiger partial charge on any atom is 0.128 e. The Morgan fingerprint density at radius 2 is 2.18 bits per heavy atom. The van der Waals surface area contributed by atoms with E-state index in [1.54, 1.807) is 6.92 Å². The van der Waals surface area contributed by atoms with E-state index < -0.39 is 5.82 Å². The third-order valence-corrected chi connectivity index (χ3v) is 1.65. The zero-order chi connectivity index (χ0) is 8.43. The Balaban J connectivity index is 3.39. The Morgan fingerprint density at radius 3 is 2.73 bits per heavy atom. The highest BCUT2D eigenvalue weighted by atomic mass is 35.5. The van der Waals surface area contributed by atoms with Gasteiger partial charge in [0.05, 0.1) is 11.6 Å². The van der Waals surface area contributed by atoms with E-state index in [1.165, 1.54) is 12.1 Å². The molecule has 0 fully saturated rings. The van der Waals surface area contributed by atoms with Crippen molar-refractivity contribution in [2.45, 2.75) is 6.92 Å². The molecule has 0 bridgehead atoms. The number of halogens is 2. The van der Waals surface area contributed by atoms with E-state index in [2.05, 4.69) is 0 Å². The molecule has 1 aromatic carbocycles. The van der Waals surface area contributed by atoms with Gasteiger partial charge in [0, 0.05) is 10.6 Å². The van der Waals surface area contributed by atoms with Crippen LogP contribution in [0.4, 0.5) is 4.39 Å². The zero-order valence-electron chi connectivity index (χ0n) is 5.86. The van der Waals surface area contributed by atoms with Gasteiger partial charge in [-0.05, 0) is 19.1 Å². The maximum atomic E-state index is 12.8. The monoisotopic (exact) mass is 169 g/mol. The highest BCUT2D eigenvalue weighted by Crippen LogP contribution is 2.18. The average Bonchev–Trinajstić information content (AvgIpc) is 1.96. The molecule has 1 rings (SSSR count). The van der Waals surface area contributed by atoms with Crippen LogP contribution >= 0.6 is 11.6 Å². The van der Waals surface area contributed by atoms with Gasteiger partial charge in [0.2, 0.25) is 0 Å². The topological polar surface area (TPSA) is 23.8 Å². The molecule has 0 unspecified atom stereocenters. The molecule has 0 atom stereocenters. The average molecular weight is 170 g/mol. The van der Waals surface area contributed by atoms with Crippen LogP contribution in [0.25, 0.3) is 0 Å². The van der Waals surface area contributed by atoms with E-state index in [-0.39, 0.29) is 10.6 Å². The third kappa shape index (κ3) is 1.50. The maximum absolute atomic E-state index is 12.8. The molecule has 0 aliphatic heterocycles. The smallest absolute Gasteiger partial charge is 0.128 e. The standard InChI is InChI=1S/C8H5ClFN/c1-5-6(4-11)2-7(9)3-8(5)10/h2-3H,1H3. The van der Waals surface area contributed by atoms with Crippen molar-refractivity contribution in [3.05, 3.63) is 34.1 Å². The molecule has 56 valence electrons. The van der Waals surface area contributed by atoms with Gasteiger partial charge >= 0.3 is 0 Å². The lowest BCUT2D eigenvalue weighted by atomic mass is 10.1. The number of hydrogen-bond acceptors (Lipinski definition) is 1. The van der Waals surface area contributed by atoms with Gasteiger partial charge < -0.3 is 0 Å². The highest BCUT2D eigenvalue weighted by Gasteiger charge is 2.04. The first kappa shape index (κ1) is 8.03. The van der Waals surface area contributed by atoms with Crippen LogP contribution in [0.3, 0.4) is 0 Å². The van der Waals surface area contributed by atoms with Crippen LogP contribution in [0.2, 0.25) is 5.02 Å². The summed E-state index contributed by atoms with van der Waals surface area (Å²) in [7, 11) is 0. The number of rotatable bonds is 0. The van der Waals surface area contributed by atoms with Crippen molar-refractivity contribution < 1.29 is 4.39 Å². The van der Waals surface area contributed by atoms with Crippen LogP contribution < -0.4 is 0 Å². The van der Waals surface area contributed by atoms with E-state index in [1.807, 2.05) is 6.07 Å². The number of hydrogen-bond donors (Lipinski definition) is 0. The third-order valence-electron chi connectivity index (χ3n) is 1.43. The molecule has 11 heavy (non-hydrogen) atoms. The van der Waals surface area contributed by atoms with E-state index in [4.69, 9.17) is 16.9 Å². The normalized spacial score (nSPS) is 9.27. The molecule has 0 aromatic heterocycles. The van der Waals surface area contributed by atoms with Gasteiger partial charge in [-0.25, -0.2) is 4.39 Å². The summed E-state index contributed by atoms with van der Waals surface area (Å²) in [5.74, 6) is -0.436. The lowest BCUT2D eigenvalue weighted by Gasteiger charge is -1.98. The van der Waals surface area contributed by atoms with Crippen LogP contribution in [0, 0.1) is 24.1 Å². The first-order valence-corrected chi connectivity index (χ1v) is 3.38. The van der Waals surface area contributed by atoms with Gasteiger partial charge in [-0.3, -0.25) is 0 Å². The molecule has 0 aliphatic rings. The summed E-state index contributed by atoms with van der Waals surface area (Å²) in [6, 6.07) is 4.49. The van der Waals surface area contributed by atoms with Gasteiger partial charge in [0.25, 0.3) is 0 Å². The van der Waals surface area contributed by atoms with Crippen LogP contribution in [0.5, 0.6) is 0 Å². The number of nitriles is 1. The van der Waals surface area contributed by atoms with Gasteiger partial charge in [0.1, 0.15) is 5.82 Å². The summed E-state index contributed by atoms with van der Waals surface area (Å²) in [5.41, 5.74) is 0.631. The van der Waals surface area contributed by atoms with Crippen LogP contribution in [0.1, 0.15) is 11.1 Å². The fraction of sp³-hybridized carbons (Fsp3) is 0.125. The largest absolute Gasteiger partial charge is 0.207 e. The Hall–Kier alpha value is -1.07. The van der Waals surface area contributed by atoms with Gasteiger partial charge in [-0.15, -0.1) is 0 Å². The predicted molar refractivity (Wildman–Crippen MR) is 40.9 cm³/mol. The summed E-state index contributed by atoms with van der Waals surface area (Å²) >= 11 is 5.51. The molecule has 0 saturated heterocycles. The first-order chi connectivity index (χ1) is 5.15. The van der Waals surface area contributed by atoms with Crippen molar-refractivity contribution in [2.75, 3.05) is 0 Å². The predicted octanol–water partition coefficient (Wildman–Crippen LogP) is 2.66. The van der Waals surface area contributed by atoms with Crippen molar-refractivity contribution in [2.24, 2.45) is 0 Å². The minimum Gasteiger partial charge on any atom is -0.207 e. The van der Waals surface area contributed by atoms with Crippen molar-refractivity contribution in [1.29, 1.82) is 5.26 Å². The van der Waals surface area contributed by atoms with Gasteiger partial charge in [-0.1, -0.05) is 11.6 Å². The molecule has 0 saturated carbocycles. The molecule has 0 N–H and O–H groups in total. The van der Waals surface area contributed by atoms with E-state index in [9.17, 15) is 4.39 Å². The fourth-order valence-electron chi connectivity index (χ4n) is 0.762. The molecule has 3 heteroatoms. The molecular formula is C8H5ClFN. The summed E-state index contributed by atoms with van der Waals surface area (Å²) in [6.45, 7) is 1.55. The minimum atomic E-state index is -0.436. The second kappa shape index (κ2) is 2.89. The zero-order valence-corrected chi connectivity index (χ0v) is 6.61. The van der Waals surface area contributed by atoms with E-state index in [0.29, 0.717) is 5.56 Å². The highest BCUT2D eigenvalue weighted by molar-refractivity contribution is 6.30. The summed E-state index contributed by atoms with van der Waals surface area (Å²) < 4.78 is 12.8. The number of nitrogens with zero attached hydrogens (tertiary/aromatic N) is 1. The van der Waals surface area contributed by atoms with Crippen molar-refractivity contribution in [3.63, 3.8) is 0 Å². The molecule has 1 aromatic rings. The summed E-state index contributed by atoms with van der Waals surface area (Å²) in [4.78, 5) is 0. The second-order valence-corrected chi connectivity index (χ2v) is 2.61. The molecule has 1 nitrogen and oxygen atoms in total.